The van der Waals surface area contributed by atoms with Crippen molar-refractivity contribution in [2.24, 2.45) is 0 Å². The van der Waals surface area contributed by atoms with E-state index in [1.807, 2.05) is 49.4 Å². The van der Waals surface area contributed by atoms with Crippen molar-refractivity contribution in [2.45, 2.75) is 13.0 Å². The van der Waals surface area contributed by atoms with Gasteiger partial charge in [0.25, 0.3) is 5.91 Å². The van der Waals surface area contributed by atoms with Crippen LogP contribution >= 0.6 is 27.5 Å². The topological polar surface area (TPSA) is 41.6 Å². The average Bonchev–Trinajstić information content (AvgIpc) is 2.64. The van der Waals surface area contributed by atoms with E-state index in [4.69, 9.17) is 16.3 Å². The summed E-state index contributed by atoms with van der Waals surface area (Å²) in [6.07, 6.45) is 0. The predicted molar refractivity (Wildman–Crippen MR) is 108 cm³/mol. The second-order valence-electron chi connectivity index (χ2n) is 6.36. The maximum absolute atomic E-state index is 12.8. The van der Waals surface area contributed by atoms with Gasteiger partial charge in [0.05, 0.1) is 24.8 Å². The number of aryl methyl sites for hydroxylation is 1. The Morgan fingerprint density at radius 2 is 1.92 bits per heavy atom. The zero-order valence-electron chi connectivity index (χ0n) is 14.7. The lowest BCUT2D eigenvalue weighted by Crippen LogP contribution is -2.44. The van der Waals surface area contributed by atoms with E-state index < -0.39 is 0 Å². The summed E-state index contributed by atoms with van der Waals surface area (Å²) >= 11 is 9.52. The van der Waals surface area contributed by atoms with Crippen LogP contribution in [-0.4, -0.2) is 43.7 Å². The van der Waals surface area contributed by atoms with E-state index >= 15 is 0 Å². The third kappa shape index (κ3) is 4.65. The third-order valence-corrected chi connectivity index (χ3v) is 5.56. The first kappa shape index (κ1) is 19.4. The molecule has 6 heteroatoms. The maximum Gasteiger partial charge on any atom is 0.252 e. The molecule has 26 heavy (non-hydrogen) atoms. The van der Waals surface area contributed by atoms with Crippen LogP contribution < -0.4 is 5.32 Å². The lowest BCUT2D eigenvalue weighted by atomic mass is 10.0. The van der Waals surface area contributed by atoms with E-state index in [2.05, 4.69) is 26.1 Å². The van der Waals surface area contributed by atoms with Gasteiger partial charge in [0.1, 0.15) is 0 Å². The number of halogens is 2. The Morgan fingerprint density at radius 1 is 1.23 bits per heavy atom. The lowest BCUT2D eigenvalue weighted by molar-refractivity contribution is 0.0162. The number of benzene rings is 2. The zero-order chi connectivity index (χ0) is 18.5. The van der Waals surface area contributed by atoms with Crippen LogP contribution in [0.5, 0.6) is 0 Å². The van der Waals surface area contributed by atoms with Crippen LogP contribution in [0.3, 0.4) is 0 Å². The lowest BCUT2D eigenvalue weighted by Gasteiger charge is -2.35. The highest BCUT2D eigenvalue weighted by molar-refractivity contribution is 9.10. The Balaban J connectivity index is 1.77. The highest BCUT2D eigenvalue weighted by Gasteiger charge is 2.24. The SMILES string of the molecule is Cc1cccc(Br)c1C(=O)NC[C@H](c1ccc(Cl)cc1)N1CCOCC1. The van der Waals surface area contributed by atoms with Crippen LogP contribution in [0.15, 0.2) is 46.9 Å². The van der Waals surface area contributed by atoms with Gasteiger partial charge in [-0.2, -0.15) is 0 Å². The molecule has 2 aromatic carbocycles. The first-order valence-corrected chi connectivity index (χ1v) is 9.84. The van der Waals surface area contributed by atoms with Gasteiger partial charge in [-0.25, -0.2) is 0 Å². The van der Waals surface area contributed by atoms with E-state index in [0.717, 1.165) is 28.7 Å². The monoisotopic (exact) mass is 436 g/mol. The van der Waals surface area contributed by atoms with Gasteiger partial charge in [0.2, 0.25) is 0 Å². The number of nitrogens with zero attached hydrogens (tertiary/aromatic N) is 1. The summed E-state index contributed by atoms with van der Waals surface area (Å²) in [4.78, 5) is 15.1. The molecular formula is C20H22BrClN2O2. The van der Waals surface area contributed by atoms with E-state index in [-0.39, 0.29) is 11.9 Å². The minimum atomic E-state index is -0.0674. The van der Waals surface area contributed by atoms with Crippen LogP contribution in [0.1, 0.15) is 27.5 Å². The quantitative estimate of drug-likeness (QED) is 0.762. The van der Waals surface area contributed by atoms with Gasteiger partial charge in [-0.1, -0.05) is 35.9 Å². The molecule has 0 spiro atoms. The number of carbonyl (C=O) groups excluding carboxylic acids is 1. The number of hydrogen-bond acceptors (Lipinski definition) is 3. The molecule has 1 N–H and O–H groups in total. The summed E-state index contributed by atoms with van der Waals surface area (Å²) in [5, 5.41) is 3.82. The van der Waals surface area contributed by atoms with Crippen molar-refractivity contribution in [3.8, 4) is 0 Å². The molecule has 0 aliphatic carbocycles. The number of amides is 1. The molecule has 3 rings (SSSR count). The fraction of sp³-hybridized carbons (Fsp3) is 0.350. The van der Waals surface area contributed by atoms with Gasteiger partial charge < -0.3 is 10.1 Å². The molecule has 1 aliphatic rings. The minimum Gasteiger partial charge on any atom is -0.379 e. The molecule has 2 aromatic rings. The third-order valence-electron chi connectivity index (χ3n) is 4.65. The van der Waals surface area contributed by atoms with Gasteiger partial charge in [-0.15, -0.1) is 0 Å². The summed E-state index contributed by atoms with van der Waals surface area (Å²) in [5.74, 6) is -0.0674. The highest BCUT2D eigenvalue weighted by Crippen LogP contribution is 2.24. The van der Waals surface area contributed by atoms with Crippen LogP contribution in [0.4, 0.5) is 0 Å². The second-order valence-corrected chi connectivity index (χ2v) is 7.65. The van der Waals surface area contributed by atoms with Gasteiger partial charge in [-0.05, 0) is 52.2 Å². The first-order valence-electron chi connectivity index (χ1n) is 8.67. The summed E-state index contributed by atoms with van der Waals surface area (Å²) < 4.78 is 6.28. The molecule has 0 bridgehead atoms. The van der Waals surface area contributed by atoms with Crippen molar-refractivity contribution in [1.29, 1.82) is 0 Å². The Bertz CT molecular complexity index is 741. The molecule has 1 aliphatic heterocycles. The summed E-state index contributed by atoms with van der Waals surface area (Å²) in [6, 6.07) is 13.7. The van der Waals surface area contributed by atoms with Crippen LogP contribution in [0, 0.1) is 6.92 Å². The van der Waals surface area contributed by atoms with Gasteiger partial charge in [-0.3, -0.25) is 9.69 Å². The normalized spacial score (nSPS) is 16.3. The number of rotatable bonds is 5. The van der Waals surface area contributed by atoms with E-state index in [0.29, 0.717) is 30.3 Å². The smallest absolute Gasteiger partial charge is 0.252 e. The van der Waals surface area contributed by atoms with Crippen molar-refractivity contribution in [2.75, 3.05) is 32.8 Å². The summed E-state index contributed by atoms with van der Waals surface area (Å²) in [6.45, 7) is 5.58. The van der Waals surface area contributed by atoms with Crippen molar-refractivity contribution in [3.05, 3.63) is 68.7 Å². The molecule has 0 aromatic heterocycles. The number of carbonyl (C=O) groups is 1. The molecule has 0 saturated carbocycles. The van der Waals surface area contributed by atoms with Gasteiger partial charge in [0, 0.05) is 29.1 Å². The number of nitrogens with one attached hydrogen (secondary N) is 1. The first-order chi connectivity index (χ1) is 12.6. The molecule has 1 atom stereocenters. The van der Waals surface area contributed by atoms with Crippen molar-refractivity contribution < 1.29 is 9.53 Å². The van der Waals surface area contributed by atoms with Crippen LogP contribution in [0.25, 0.3) is 0 Å². The zero-order valence-corrected chi connectivity index (χ0v) is 17.0. The number of ether oxygens (including phenoxy) is 1. The van der Waals surface area contributed by atoms with E-state index in [1.54, 1.807) is 0 Å². The van der Waals surface area contributed by atoms with Crippen molar-refractivity contribution in [3.63, 3.8) is 0 Å². The van der Waals surface area contributed by atoms with E-state index in [1.165, 1.54) is 0 Å². The Kier molecular flexibility index (Phi) is 6.70. The van der Waals surface area contributed by atoms with Crippen LogP contribution in [-0.2, 0) is 4.74 Å². The molecule has 4 nitrogen and oxygen atoms in total. The molecule has 1 heterocycles. The second kappa shape index (κ2) is 9.00. The summed E-state index contributed by atoms with van der Waals surface area (Å²) in [5.41, 5.74) is 2.77. The van der Waals surface area contributed by atoms with Crippen LogP contribution in [0.2, 0.25) is 5.02 Å². The minimum absolute atomic E-state index is 0.0674. The highest BCUT2D eigenvalue weighted by atomic mass is 79.9. The van der Waals surface area contributed by atoms with Crippen molar-refractivity contribution >= 4 is 33.4 Å². The Morgan fingerprint density at radius 3 is 2.58 bits per heavy atom. The molecule has 0 radical (unpaired) electrons. The maximum atomic E-state index is 12.8. The molecule has 138 valence electrons. The van der Waals surface area contributed by atoms with Gasteiger partial charge in [0.15, 0.2) is 0 Å². The Labute approximate surface area is 167 Å². The Hall–Kier alpha value is -1.40. The van der Waals surface area contributed by atoms with Crippen molar-refractivity contribution in [1.82, 2.24) is 10.2 Å². The summed E-state index contributed by atoms with van der Waals surface area (Å²) in [7, 11) is 0. The molecule has 1 fully saturated rings. The number of hydrogen-bond donors (Lipinski definition) is 1. The standard InChI is InChI=1S/C20H22BrClN2O2/c1-14-3-2-4-17(21)19(14)20(25)23-13-18(24-9-11-26-12-10-24)15-5-7-16(22)8-6-15/h2-8,18H,9-13H2,1H3,(H,23,25)/t18-/m1/s1. The van der Waals surface area contributed by atoms with Gasteiger partial charge >= 0.3 is 0 Å². The fourth-order valence-electron chi connectivity index (χ4n) is 3.23. The molecule has 1 saturated heterocycles. The molecule has 1 amide bonds. The predicted octanol–water partition coefficient (Wildman–Crippen LogP) is 4.21. The molecular weight excluding hydrogens is 416 g/mol. The van der Waals surface area contributed by atoms with E-state index in [9.17, 15) is 4.79 Å². The number of morpholine rings is 1. The largest absolute Gasteiger partial charge is 0.379 e. The fourth-order valence-corrected chi connectivity index (χ4v) is 4.00. The average molecular weight is 438 g/mol. The molecule has 0 unspecified atom stereocenters.